The van der Waals surface area contributed by atoms with Gasteiger partial charge in [0.25, 0.3) is 17.5 Å². The molecule has 112 heavy (non-hydrogen) atoms. The molecule has 6 rings (SSSR count). The SMILES string of the molecule is CCCN(C(=O)[C@@H](CC(=O)[C@H]1CCCCN1C)[C@@H](C)CC)[C@H](C[C@@H](OC(C)=O)c1nc(C(=O)N[C@@H](Cc2ccc(N)cc2)CC(C)(C)C(=O)O)cs1)C(C)C.CCCN(C(=O)[C@@H](CC(=O)[C@H]1CCCCN1C)[C@@H](C)CC)[C@H](C[C@@H](OC(C)=O)c1nc(C(=O)N[C@@H](Cc2ccc([N+](=O)[O-])cc2)CC(C)(C)C(=O)O)cs1)C(C)C. The summed E-state index contributed by atoms with van der Waals surface area (Å²) >= 11 is 2.34. The number of carboxylic acids is 2. The number of nitrogens with zero attached hydrogens (tertiary/aromatic N) is 7. The van der Waals surface area contributed by atoms with Crippen molar-refractivity contribution >= 4 is 93.1 Å². The highest BCUT2D eigenvalue weighted by Crippen LogP contribution is 2.38. The minimum absolute atomic E-state index is 0.00765. The lowest BCUT2D eigenvalue weighted by atomic mass is 9.82. The lowest BCUT2D eigenvalue weighted by Crippen LogP contribution is -2.50. The van der Waals surface area contributed by atoms with Gasteiger partial charge >= 0.3 is 23.9 Å². The normalized spacial score (nSPS) is 17.7. The fraction of sp³-hybridized carbons (Fsp3) is 0.667. The molecule has 28 heteroatoms. The van der Waals surface area contributed by atoms with Gasteiger partial charge in [-0.25, -0.2) is 9.97 Å². The average molecular weight is 1600 g/mol. The number of aliphatic carboxylic acids is 2. The number of rotatable bonds is 43. The monoisotopic (exact) mass is 1600 g/mol. The van der Waals surface area contributed by atoms with Crippen molar-refractivity contribution in [1.82, 2.24) is 40.2 Å². The molecular formula is C84H128N10O16S2. The quantitative estimate of drug-likeness (QED) is 0.0119. The number of nitro groups is 1. The van der Waals surface area contributed by atoms with Crippen molar-refractivity contribution in [3.63, 3.8) is 0 Å². The van der Waals surface area contributed by atoms with Crippen LogP contribution in [0.2, 0.25) is 0 Å². The second-order valence-electron chi connectivity index (χ2n) is 33.0. The van der Waals surface area contributed by atoms with E-state index in [-0.39, 0.29) is 133 Å². The van der Waals surface area contributed by atoms with Gasteiger partial charge in [0.05, 0.1) is 27.8 Å². The number of nitrogen functional groups attached to an aromatic ring is 1. The van der Waals surface area contributed by atoms with Gasteiger partial charge < -0.3 is 45.9 Å². The molecule has 4 aromatic rings. The number of aromatic nitrogens is 2. The molecule has 2 aromatic heterocycles. The predicted molar refractivity (Wildman–Crippen MR) is 435 cm³/mol. The first-order valence-corrected chi connectivity index (χ1v) is 41.9. The summed E-state index contributed by atoms with van der Waals surface area (Å²) in [4.78, 5) is 161. The van der Waals surface area contributed by atoms with E-state index < -0.39 is 87.6 Å². The highest BCUT2D eigenvalue weighted by atomic mass is 32.1. The van der Waals surface area contributed by atoms with Crippen molar-refractivity contribution in [3.8, 4) is 0 Å². The Labute approximate surface area is 671 Å². The van der Waals surface area contributed by atoms with Crippen LogP contribution in [-0.2, 0) is 60.7 Å². The van der Waals surface area contributed by atoms with Crippen LogP contribution < -0.4 is 16.4 Å². The van der Waals surface area contributed by atoms with Crippen molar-refractivity contribution in [2.24, 2.45) is 46.3 Å². The summed E-state index contributed by atoms with van der Waals surface area (Å²) in [6.45, 7) is 31.9. The molecule has 2 aliphatic rings. The smallest absolute Gasteiger partial charge is 0.309 e. The number of likely N-dealkylation sites (tertiary alicyclic amines) is 2. The van der Waals surface area contributed by atoms with Gasteiger partial charge in [-0.1, -0.05) is 119 Å². The predicted octanol–water partition coefficient (Wildman–Crippen LogP) is 14.2. The van der Waals surface area contributed by atoms with E-state index in [0.717, 1.165) is 81.4 Å². The molecule has 0 bridgehead atoms. The summed E-state index contributed by atoms with van der Waals surface area (Å²) in [5.41, 5.74) is 5.81. The van der Waals surface area contributed by atoms with E-state index in [0.29, 0.717) is 53.6 Å². The molecule has 0 unspecified atom stereocenters. The number of carbonyl (C=O) groups excluding carboxylic acids is 8. The van der Waals surface area contributed by atoms with Crippen LogP contribution in [0, 0.1) is 56.5 Å². The molecule has 2 aromatic carbocycles. The fourth-order valence-electron chi connectivity index (χ4n) is 15.2. The Kier molecular flexibility index (Phi) is 37.6. The Balaban J connectivity index is 0.000000401. The number of hydrogen-bond acceptors (Lipinski definition) is 21. The second kappa shape index (κ2) is 44.5. The summed E-state index contributed by atoms with van der Waals surface area (Å²) in [6, 6.07) is 10.8. The number of carbonyl (C=O) groups is 10. The number of piperidine rings is 2. The Morgan fingerprint density at radius 1 is 0.598 bits per heavy atom. The Morgan fingerprint density at radius 2 is 0.955 bits per heavy atom. The van der Waals surface area contributed by atoms with Gasteiger partial charge in [-0.05, 0) is 166 Å². The number of nitro benzene ring substituents is 1. The van der Waals surface area contributed by atoms with E-state index in [1.807, 2.05) is 105 Å². The summed E-state index contributed by atoms with van der Waals surface area (Å²) < 4.78 is 11.7. The topological polar surface area (TPSA) is 362 Å². The molecule has 2 aliphatic heterocycles. The third kappa shape index (κ3) is 28.2. The van der Waals surface area contributed by atoms with Crippen LogP contribution in [0.15, 0.2) is 59.3 Å². The first-order valence-electron chi connectivity index (χ1n) is 40.2. The van der Waals surface area contributed by atoms with Crippen molar-refractivity contribution < 1.29 is 72.6 Å². The number of carboxylic acid groups (broad SMARTS) is 2. The number of nitrogens with one attached hydrogen (secondary N) is 2. The highest BCUT2D eigenvalue weighted by Gasteiger charge is 2.43. The van der Waals surface area contributed by atoms with Gasteiger partial charge in [-0.3, -0.25) is 67.9 Å². The zero-order valence-electron chi connectivity index (χ0n) is 69.5. The Morgan fingerprint density at radius 3 is 1.26 bits per heavy atom. The third-order valence-corrected chi connectivity index (χ3v) is 24.2. The zero-order chi connectivity index (χ0) is 83.6. The number of amides is 4. The number of non-ortho nitro benzene ring substituents is 1. The van der Waals surface area contributed by atoms with E-state index in [9.17, 15) is 68.3 Å². The molecule has 26 nitrogen and oxygen atoms in total. The van der Waals surface area contributed by atoms with Gasteiger partial charge in [0.1, 0.15) is 21.4 Å². The molecule has 2 saturated heterocycles. The number of esters is 2. The maximum absolute atomic E-state index is 14.7. The van der Waals surface area contributed by atoms with Gasteiger partial charge in [0, 0.05) is 117 Å². The van der Waals surface area contributed by atoms with Crippen LogP contribution in [0.4, 0.5) is 11.4 Å². The van der Waals surface area contributed by atoms with Gasteiger partial charge in [-0.15, -0.1) is 22.7 Å². The van der Waals surface area contributed by atoms with Crippen LogP contribution in [0.25, 0.3) is 0 Å². The van der Waals surface area contributed by atoms with E-state index in [4.69, 9.17) is 15.2 Å². The van der Waals surface area contributed by atoms with E-state index in [2.05, 4.69) is 30.4 Å². The molecule has 0 spiro atoms. The number of likely N-dealkylation sites (N-methyl/N-ethyl adjacent to an activating group) is 2. The number of ketones is 2. The highest BCUT2D eigenvalue weighted by molar-refractivity contribution is 7.10. The van der Waals surface area contributed by atoms with Crippen molar-refractivity contribution in [2.75, 3.05) is 46.0 Å². The standard InChI is InChI=1S/C42H63N5O9S.C42H65N5O7S/c1-10-19-46(40(51)32(27(5)11-2)22-36(49)34-14-12-13-20-45(34)9)35(26(3)4)23-37(56-28(6)48)39-44-33(25-57-39)38(50)43-30(24-42(7,8)41(52)53)21-29-15-17-31(18-16-29)47(54)55;1-10-19-47(40(51)32(27(5)11-2)22-36(49)34-14-12-13-20-46(34)9)35(26(3)4)23-37(54-28(6)48)39-45-33(25-55-39)38(50)44-31(24-42(7,8)41(52)53)21-29-15-17-30(43)18-16-29/h15-18,25-27,30,32,34-35,37H,10-14,19-24H2,1-9H3,(H,43,50)(H,52,53);15-18,25-27,31-32,34-35,37H,10-14,19-24,43H2,1-9H3,(H,44,50)(H,52,53)/t27-,30-,32-,34+,35+,37+;27-,31-,32-,34+,35+,37+/m00/s1. The molecule has 0 saturated carbocycles. The van der Waals surface area contributed by atoms with Gasteiger partial charge in [0.15, 0.2) is 23.8 Å². The molecule has 12 atom stereocenters. The molecule has 2 fully saturated rings. The van der Waals surface area contributed by atoms with E-state index in [1.54, 1.807) is 62.7 Å². The second-order valence-corrected chi connectivity index (χ2v) is 34.8. The average Bonchev–Trinajstić information content (AvgIpc) is 1.81. The summed E-state index contributed by atoms with van der Waals surface area (Å²) in [7, 11) is 3.96. The molecule has 622 valence electrons. The molecule has 0 radical (unpaired) electrons. The molecular weight excluding hydrogens is 1470 g/mol. The molecule has 6 N–H and O–H groups in total. The molecule has 4 heterocycles. The summed E-state index contributed by atoms with van der Waals surface area (Å²) in [5.74, 6) is -5.13. The molecule has 0 aliphatic carbocycles. The number of Topliss-reactive ketones (excluding diaryl/α,β-unsaturated/α-hetero) is 2. The van der Waals surface area contributed by atoms with Gasteiger partial charge in [0.2, 0.25) is 11.8 Å². The number of thiazole rings is 2. The number of benzene rings is 2. The maximum Gasteiger partial charge on any atom is 0.309 e. The maximum atomic E-state index is 14.7. The van der Waals surface area contributed by atoms with Crippen LogP contribution in [0.3, 0.4) is 0 Å². The van der Waals surface area contributed by atoms with E-state index in [1.165, 1.54) is 37.3 Å². The number of nitrogens with two attached hydrogens (primary N) is 1. The van der Waals surface area contributed by atoms with Gasteiger partial charge in [-0.2, -0.15) is 0 Å². The Bertz CT molecular complexity index is 3770. The summed E-state index contributed by atoms with van der Waals surface area (Å²) in [6.07, 6.45) is 8.56. The molecule has 4 amide bonds. The van der Waals surface area contributed by atoms with E-state index >= 15 is 0 Å². The number of anilines is 1. The van der Waals surface area contributed by atoms with Crippen molar-refractivity contribution in [1.29, 1.82) is 0 Å². The lowest BCUT2D eigenvalue weighted by Gasteiger charge is -2.39. The van der Waals surface area contributed by atoms with Crippen LogP contribution in [-0.4, -0.2) is 180 Å². The van der Waals surface area contributed by atoms with Crippen LogP contribution in [0.5, 0.6) is 0 Å². The largest absolute Gasteiger partial charge is 0.481 e. The summed E-state index contributed by atoms with van der Waals surface area (Å²) in [5, 5.41) is 40.7. The minimum atomic E-state index is -1.20. The minimum Gasteiger partial charge on any atom is -0.481 e. The number of ether oxygens (including phenoxy) is 2. The third-order valence-electron chi connectivity index (χ3n) is 22.3. The first-order chi connectivity index (χ1) is 52.7. The van der Waals surface area contributed by atoms with Crippen molar-refractivity contribution in [2.45, 2.75) is 275 Å². The Hall–Kier alpha value is -8.08. The zero-order valence-corrected chi connectivity index (χ0v) is 71.2. The van der Waals surface area contributed by atoms with Crippen LogP contribution >= 0.6 is 22.7 Å². The van der Waals surface area contributed by atoms with Crippen molar-refractivity contribution in [3.05, 3.63) is 102 Å². The van der Waals surface area contributed by atoms with Crippen LogP contribution in [0.1, 0.15) is 268 Å². The number of hydrogen-bond donors (Lipinski definition) is 5. The first kappa shape index (κ1) is 94.5. The lowest BCUT2D eigenvalue weighted by molar-refractivity contribution is -0.384. The fourth-order valence-corrected chi connectivity index (χ4v) is 16.9.